The minimum Gasteiger partial charge on any atom is -0.474 e. The summed E-state index contributed by atoms with van der Waals surface area (Å²) in [6.07, 6.45) is 0.712. The molecule has 4 rings (SSSR count). The van der Waals surface area contributed by atoms with Gasteiger partial charge in [0.1, 0.15) is 35.9 Å². The number of hydrogen-bond donors (Lipinski definition) is 1. The van der Waals surface area contributed by atoms with Gasteiger partial charge in [-0.3, -0.25) is 4.90 Å². The van der Waals surface area contributed by atoms with Gasteiger partial charge in [-0.1, -0.05) is 17.7 Å². The Kier molecular flexibility index (Phi) is 6.22. The number of pyridine rings is 2. The van der Waals surface area contributed by atoms with Crippen LogP contribution in [0.1, 0.15) is 40.8 Å². The Labute approximate surface area is 185 Å². The van der Waals surface area contributed by atoms with E-state index in [1.807, 2.05) is 25.1 Å². The van der Waals surface area contributed by atoms with E-state index in [1.54, 1.807) is 0 Å². The molecule has 0 saturated heterocycles. The van der Waals surface area contributed by atoms with Gasteiger partial charge in [0, 0.05) is 49.8 Å². The fourth-order valence-corrected chi connectivity index (χ4v) is 4.22. The lowest BCUT2D eigenvalue weighted by atomic mass is 9.94. The van der Waals surface area contributed by atoms with Crippen LogP contribution in [0.2, 0.25) is 5.15 Å². The number of rotatable bonds is 6. The fraction of sp³-hybridized carbons (Fsp3) is 0.455. The SMILES string of the molecule is Cc1nc(OC2CC(F)C2)ccc1CN1CCc2c(NCC#N)nc(Cl)c(C#N)c2C1. The maximum atomic E-state index is 13.0. The molecule has 7 nitrogen and oxygen atoms in total. The third-order valence-corrected chi connectivity index (χ3v) is 6.04. The smallest absolute Gasteiger partial charge is 0.213 e. The summed E-state index contributed by atoms with van der Waals surface area (Å²) in [5, 5.41) is 21.6. The number of ether oxygens (including phenoxy) is 1. The van der Waals surface area contributed by atoms with Crippen LogP contribution in [0.5, 0.6) is 5.88 Å². The van der Waals surface area contributed by atoms with Crippen molar-refractivity contribution in [3.63, 3.8) is 0 Å². The molecule has 3 heterocycles. The van der Waals surface area contributed by atoms with Gasteiger partial charge >= 0.3 is 0 Å². The predicted octanol–water partition coefficient (Wildman–Crippen LogP) is 3.68. The zero-order valence-corrected chi connectivity index (χ0v) is 17.9. The highest BCUT2D eigenvalue weighted by Crippen LogP contribution is 2.32. The summed E-state index contributed by atoms with van der Waals surface area (Å²) >= 11 is 6.24. The van der Waals surface area contributed by atoms with Crippen LogP contribution in [-0.2, 0) is 19.5 Å². The van der Waals surface area contributed by atoms with Gasteiger partial charge < -0.3 is 10.1 Å². The highest BCUT2D eigenvalue weighted by atomic mass is 35.5. The van der Waals surface area contributed by atoms with Gasteiger partial charge in [-0.15, -0.1) is 0 Å². The molecular weight excluding hydrogens is 419 g/mol. The van der Waals surface area contributed by atoms with Crippen molar-refractivity contribution in [2.75, 3.05) is 18.4 Å². The molecule has 1 N–H and O–H groups in total. The monoisotopic (exact) mass is 440 g/mol. The number of nitriles is 2. The molecule has 2 aromatic rings. The molecule has 1 aliphatic heterocycles. The minimum atomic E-state index is -0.759. The van der Waals surface area contributed by atoms with Crippen molar-refractivity contribution in [2.24, 2.45) is 0 Å². The number of halogens is 2. The molecule has 1 saturated carbocycles. The molecule has 0 radical (unpaired) electrons. The van der Waals surface area contributed by atoms with Crippen LogP contribution in [0.3, 0.4) is 0 Å². The van der Waals surface area contributed by atoms with Crippen LogP contribution in [0.25, 0.3) is 0 Å². The van der Waals surface area contributed by atoms with Crippen molar-refractivity contribution < 1.29 is 9.13 Å². The maximum absolute atomic E-state index is 13.0. The first-order valence-corrected chi connectivity index (χ1v) is 10.6. The number of hydrogen-bond acceptors (Lipinski definition) is 7. The Morgan fingerprint density at radius 3 is 2.77 bits per heavy atom. The van der Waals surface area contributed by atoms with Crippen LogP contribution in [0, 0.1) is 29.6 Å². The normalized spacial score (nSPS) is 20.2. The molecule has 0 bridgehead atoms. The van der Waals surface area contributed by atoms with E-state index in [0.717, 1.165) is 28.9 Å². The zero-order valence-electron chi connectivity index (χ0n) is 17.2. The summed E-state index contributed by atoms with van der Waals surface area (Å²) in [7, 11) is 0. The average molecular weight is 441 g/mol. The Balaban J connectivity index is 1.49. The lowest BCUT2D eigenvalue weighted by molar-refractivity contribution is 0.0376. The Hall–Kier alpha value is -2.94. The first kappa shape index (κ1) is 21.3. The molecule has 1 fully saturated rings. The summed E-state index contributed by atoms with van der Waals surface area (Å²) in [6, 6.07) is 8.03. The van der Waals surface area contributed by atoms with Crippen molar-refractivity contribution in [1.29, 1.82) is 10.5 Å². The Morgan fingerprint density at radius 2 is 2.10 bits per heavy atom. The van der Waals surface area contributed by atoms with Crippen LogP contribution in [0.15, 0.2) is 12.1 Å². The summed E-state index contributed by atoms with van der Waals surface area (Å²) in [6.45, 7) is 4.06. The van der Waals surface area contributed by atoms with Gasteiger partial charge in [0.2, 0.25) is 5.88 Å². The van der Waals surface area contributed by atoms with Crippen molar-refractivity contribution in [3.05, 3.63) is 45.2 Å². The topological polar surface area (TPSA) is 97.9 Å². The van der Waals surface area contributed by atoms with E-state index in [-0.39, 0.29) is 17.8 Å². The molecule has 2 aliphatic rings. The van der Waals surface area contributed by atoms with E-state index >= 15 is 0 Å². The second-order valence-electron chi connectivity index (χ2n) is 7.87. The summed E-state index contributed by atoms with van der Waals surface area (Å²) in [5.41, 5.74) is 4.11. The summed E-state index contributed by atoms with van der Waals surface area (Å²) in [5.74, 6) is 1.10. The largest absolute Gasteiger partial charge is 0.474 e. The van der Waals surface area contributed by atoms with Crippen LogP contribution >= 0.6 is 11.6 Å². The van der Waals surface area contributed by atoms with Gasteiger partial charge in [-0.25, -0.2) is 14.4 Å². The molecule has 2 aromatic heterocycles. The lowest BCUT2D eigenvalue weighted by Gasteiger charge is -2.31. The second-order valence-corrected chi connectivity index (χ2v) is 8.23. The third-order valence-electron chi connectivity index (χ3n) is 5.76. The zero-order chi connectivity index (χ0) is 22.0. The quantitative estimate of drug-likeness (QED) is 0.540. The molecular formula is C22H22ClFN6O. The van der Waals surface area contributed by atoms with E-state index in [0.29, 0.717) is 49.6 Å². The van der Waals surface area contributed by atoms with Crippen molar-refractivity contribution in [1.82, 2.24) is 14.9 Å². The molecule has 0 amide bonds. The van der Waals surface area contributed by atoms with Gasteiger partial charge in [0.15, 0.2) is 0 Å². The highest BCUT2D eigenvalue weighted by Gasteiger charge is 2.31. The fourth-order valence-electron chi connectivity index (χ4n) is 3.98. The molecule has 0 spiro atoms. The van der Waals surface area contributed by atoms with Gasteiger partial charge in [0.05, 0.1) is 11.6 Å². The molecule has 31 heavy (non-hydrogen) atoms. The molecule has 9 heteroatoms. The van der Waals surface area contributed by atoms with E-state index < -0.39 is 6.17 Å². The maximum Gasteiger partial charge on any atom is 0.213 e. The van der Waals surface area contributed by atoms with Crippen LogP contribution in [0.4, 0.5) is 10.2 Å². The standard InChI is InChI=1S/C22H22ClFN6O/c1-13-14(2-3-20(28-13)31-16-8-15(24)9-16)11-30-7-4-17-19(12-30)18(10-26)21(23)29-22(17)27-6-5-25/h2-3,15-16H,4,6-9,11-12H2,1H3,(H,27,29). The summed E-state index contributed by atoms with van der Waals surface area (Å²) < 4.78 is 18.7. The number of nitrogens with zero attached hydrogens (tertiary/aromatic N) is 5. The number of aromatic nitrogens is 2. The minimum absolute atomic E-state index is 0.0852. The molecule has 0 atom stereocenters. The third kappa shape index (κ3) is 4.56. The molecule has 1 aliphatic carbocycles. The average Bonchev–Trinajstić information content (AvgIpc) is 2.73. The van der Waals surface area contributed by atoms with E-state index in [9.17, 15) is 9.65 Å². The van der Waals surface area contributed by atoms with Gasteiger partial charge in [-0.05, 0) is 24.5 Å². The number of fused-ring (bicyclic) bond motifs is 1. The second kappa shape index (κ2) is 9.05. The van der Waals surface area contributed by atoms with Crippen LogP contribution in [-0.4, -0.2) is 40.2 Å². The Bertz CT molecular complexity index is 1070. The number of anilines is 1. The molecule has 160 valence electrons. The van der Waals surface area contributed by atoms with Gasteiger partial charge in [-0.2, -0.15) is 10.5 Å². The first-order valence-electron chi connectivity index (χ1n) is 10.2. The summed E-state index contributed by atoms with van der Waals surface area (Å²) in [4.78, 5) is 11.0. The molecule has 0 aromatic carbocycles. The lowest BCUT2D eigenvalue weighted by Crippen LogP contribution is -2.35. The van der Waals surface area contributed by atoms with Gasteiger partial charge in [0.25, 0.3) is 0 Å². The predicted molar refractivity (Wildman–Crippen MR) is 113 cm³/mol. The van der Waals surface area contributed by atoms with E-state index in [1.165, 1.54) is 0 Å². The van der Waals surface area contributed by atoms with E-state index in [4.69, 9.17) is 21.6 Å². The van der Waals surface area contributed by atoms with Crippen molar-refractivity contribution in [2.45, 2.75) is 51.6 Å². The van der Waals surface area contributed by atoms with Crippen molar-refractivity contribution >= 4 is 17.4 Å². The van der Waals surface area contributed by atoms with E-state index in [2.05, 4.69) is 26.3 Å². The van der Waals surface area contributed by atoms with Crippen molar-refractivity contribution in [3.8, 4) is 18.0 Å². The Morgan fingerprint density at radius 1 is 1.29 bits per heavy atom. The number of nitrogens with one attached hydrogen (secondary N) is 1. The number of aryl methyl sites for hydroxylation is 1. The highest BCUT2D eigenvalue weighted by molar-refractivity contribution is 6.30. The number of alkyl halides is 1. The van der Waals surface area contributed by atoms with Crippen LogP contribution < -0.4 is 10.1 Å². The molecule has 0 unspecified atom stereocenters. The first-order chi connectivity index (χ1) is 15.0.